The molecular weight excluding hydrogens is 192 g/mol. The van der Waals surface area contributed by atoms with Crippen molar-refractivity contribution in [2.45, 2.75) is 38.3 Å². The maximum Gasteiger partial charge on any atom is 0.0702 e. The van der Waals surface area contributed by atoms with Gasteiger partial charge in [-0.25, -0.2) is 0 Å². The van der Waals surface area contributed by atoms with Gasteiger partial charge in [-0.05, 0) is 39.3 Å². The van der Waals surface area contributed by atoms with Gasteiger partial charge in [-0.2, -0.15) is 0 Å². The van der Waals surface area contributed by atoms with Crippen molar-refractivity contribution in [3.63, 3.8) is 0 Å². The molecular formula is C11H24N2O2. The predicted octanol–water partition coefficient (Wildman–Crippen LogP) is 0.197. The van der Waals surface area contributed by atoms with Gasteiger partial charge in [0.25, 0.3) is 0 Å². The van der Waals surface area contributed by atoms with Gasteiger partial charge in [0.2, 0.25) is 0 Å². The van der Waals surface area contributed by atoms with E-state index in [-0.39, 0.29) is 12.6 Å². The standard InChI is InChI=1S/C11H24N2O2/c1-2-15-11-4-3-6-13(8-11)7-5-10(12)9-14/h10-11,14H,2-9,12H2,1H3. The zero-order valence-corrected chi connectivity index (χ0v) is 9.69. The van der Waals surface area contributed by atoms with Crippen LogP contribution in [0.2, 0.25) is 0 Å². The molecule has 0 spiro atoms. The fourth-order valence-electron chi connectivity index (χ4n) is 2.03. The highest BCUT2D eigenvalue weighted by molar-refractivity contribution is 4.74. The van der Waals surface area contributed by atoms with E-state index in [2.05, 4.69) is 4.90 Å². The predicted molar refractivity (Wildman–Crippen MR) is 60.8 cm³/mol. The number of aliphatic hydroxyl groups excluding tert-OH is 1. The van der Waals surface area contributed by atoms with Crippen molar-refractivity contribution in [1.29, 1.82) is 0 Å². The Hall–Kier alpha value is -0.160. The maximum atomic E-state index is 8.83. The highest BCUT2D eigenvalue weighted by Crippen LogP contribution is 2.13. The van der Waals surface area contributed by atoms with Crippen LogP contribution in [0.15, 0.2) is 0 Å². The minimum atomic E-state index is -0.0718. The molecule has 0 radical (unpaired) electrons. The van der Waals surface area contributed by atoms with E-state index in [4.69, 9.17) is 15.6 Å². The third-order valence-electron chi connectivity index (χ3n) is 2.92. The van der Waals surface area contributed by atoms with E-state index in [0.717, 1.165) is 32.7 Å². The van der Waals surface area contributed by atoms with Crippen LogP contribution >= 0.6 is 0 Å². The lowest BCUT2D eigenvalue weighted by atomic mass is 10.1. The molecule has 0 saturated carbocycles. The van der Waals surface area contributed by atoms with Crippen LogP contribution in [-0.2, 0) is 4.74 Å². The smallest absolute Gasteiger partial charge is 0.0702 e. The van der Waals surface area contributed by atoms with Gasteiger partial charge in [0, 0.05) is 19.2 Å². The van der Waals surface area contributed by atoms with E-state index in [9.17, 15) is 0 Å². The Bertz CT molecular complexity index is 165. The Morgan fingerprint density at radius 1 is 1.60 bits per heavy atom. The normalized spacial score (nSPS) is 25.4. The average molecular weight is 216 g/mol. The molecule has 1 aliphatic heterocycles. The molecule has 0 bridgehead atoms. The van der Waals surface area contributed by atoms with Crippen LogP contribution in [0.3, 0.4) is 0 Å². The molecule has 2 atom stereocenters. The fourth-order valence-corrected chi connectivity index (χ4v) is 2.03. The van der Waals surface area contributed by atoms with Crippen LogP contribution in [0.1, 0.15) is 26.2 Å². The lowest BCUT2D eigenvalue weighted by Gasteiger charge is -2.32. The summed E-state index contributed by atoms with van der Waals surface area (Å²) in [5.74, 6) is 0. The van der Waals surface area contributed by atoms with Crippen LogP contribution in [0.25, 0.3) is 0 Å². The molecule has 0 aliphatic carbocycles. The summed E-state index contributed by atoms with van der Waals surface area (Å²) >= 11 is 0. The summed E-state index contributed by atoms with van der Waals surface area (Å²) < 4.78 is 5.62. The zero-order chi connectivity index (χ0) is 11.1. The molecule has 1 fully saturated rings. The van der Waals surface area contributed by atoms with Gasteiger partial charge in [-0.15, -0.1) is 0 Å². The molecule has 1 aliphatic rings. The highest BCUT2D eigenvalue weighted by atomic mass is 16.5. The number of nitrogens with two attached hydrogens (primary N) is 1. The first-order valence-corrected chi connectivity index (χ1v) is 5.96. The van der Waals surface area contributed by atoms with Crippen molar-refractivity contribution in [2.75, 3.05) is 32.8 Å². The first-order chi connectivity index (χ1) is 7.26. The Kier molecular flexibility index (Phi) is 6.17. The van der Waals surface area contributed by atoms with Crippen molar-refractivity contribution >= 4 is 0 Å². The summed E-state index contributed by atoms with van der Waals surface area (Å²) in [7, 11) is 0. The number of aliphatic hydroxyl groups is 1. The monoisotopic (exact) mass is 216 g/mol. The Labute approximate surface area is 92.4 Å². The molecule has 1 heterocycles. The second kappa shape index (κ2) is 7.17. The van der Waals surface area contributed by atoms with E-state index in [1.807, 2.05) is 6.92 Å². The van der Waals surface area contributed by atoms with Crippen molar-refractivity contribution in [1.82, 2.24) is 4.90 Å². The second-order valence-electron chi connectivity index (χ2n) is 4.25. The number of nitrogens with zero attached hydrogens (tertiary/aromatic N) is 1. The van der Waals surface area contributed by atoms with Gasteiger partial charge >= 0.3 is 0 Å². The van der Waals surface area contributed by atoms with Gasteiger partial charge in [-0.3, -0.25) is 0 Å². The topological polar surface area (TPSA) is 58.7 Å². The minimum absolute atomic E-state index is 0.0718. The molecule has 1 rings (SSSR count). The van der Waals surface area contributed by atoms with Gasteiger partial charge in [-0.1, -0.05) is 0 Å². The average Bonchev–Trinajstić information content (AvgIpc) is 2.27. The molecule has 0 aromatic carbocycles. The minimum Gasteiger partial charge on any atom is -0.395 e. The Morgan fingerprint density at radius 2 is 2.40 bits per heavy atom. The maximum absolute atomic E-state index is 8.83. The first-order valence-electron chi connectivity index (χ1n) is 5.96. The summed E-state index contributed by atoms with van der Waals surface area (Å²) in [4.78, 5) is 2.39. The second-order valence-corrected chi connectivity index (χ2v) is 4.25. The summed E-state index contributed by atoms with van der Waals surface area (Å²) in [5.41, 5.74) is 5.68. The van der Waals surface area contributed by atoms with Gasteiger partial charge in [0.05, 0.1) is 12.7 Å². The molecule has 2 unspecified atom stereocenters. The molecule has 0 aromatic rings. The Balaban J connectivity index is 2.18. The lowest BCUT2D eigenvalue weighted by molar-refractivity contribution is 0.00496. The summed E-state index contributed by atoms with van der Waals surface area (Å²) in [6.07, 6.45) is 3.65. The molecule has 3 N–H and O–H groups in total. The fraction of sp³-hybridized carbons (Fsp3) is 1.00. The summed E-state index contributed by atoms with van der Waals surface area (Å²) in [6, 6.07) is -0.0718. The summed E-state index contributed by atoms with van der Waals surface area (Å²) in [5, 5.41) is 8.83. The van der Waals surface area contributed by atoms with Crippen LogP contribution in [-0.4, -0.2) is 55.0 Å². The van der Waals surface area contributed by atoms with Crippen LogP contribution in [0.4, 0.5) is 0 Å². The third kappa shape index (κ3) is 4.93. The number of likely N-dealkylation sites (tertiary alicyclic amines) is 1. The van der Waals surface area contributed by atoms with Crippen molar-refractivity contribution in [2.24, 2.45) is 5.73 Å². The van der Waals surface area contributed by atoms with E-state index in [1.54, 1.807) is 0 Å². The van der Waals surface area contributed by atoms with Crippen LogP contribution in [0, 0.1) is 0 Å². The number of hydrogen-bond donors (Lipinski definition) is 2. The van der Waals surface area contributed by atoms with Gasteiger partial charge in [0.15, 0.2) is 0 Å². The molecule has 15 heavy (non-hydrogen) atoms. The Morgan fingerprint density at radius 3 is 3.07 bits per heavy atom. The van der Waals surface area contributed by atoms with E-state index < -0.39 is 0 Å². The zero-order valence-electron chi connectivity index (χ0n) is 9.69. The first kappa shape index (κ1) is 12.9. The number of hydrogen-bond acceptors (Lipinski definition) is 4. The number of ether oxygens (including phenoxy) is 1. The number of piperidine rings is 1. The van der Waals surface area contributed by atoms with E-state index in [1.165, 1.54) is 12.8 Å². The SMILES string of the molecule is CCOC1CCCN(CCC(N)CO)C1. The lowest BCUT2D eigenvalue weighted by Crippen LogP contribution is -2.42. The quantitative estimate of drug-likeness (QED) is 0.666. The van der Waals surface area contributed by atoms with Gasteiger partial charge in [0.1, 0.15) is 0 Å². The van der Waals surface area contributed by atoms with Crippen LogP contribution in [0.5, 0.6) is 0 Å². The molecule has 1 saturated heterocycles. The molecule has 4 heteroatoms. The van der Waals surface area contributed by atoms with Crippen LogP contribution < -0.4 is 5.73 Å². The molecule has 90 valence electrons. The molecule has 0 aromatic heterocycles. The van der Waals surface area contributed by atoms with E-state index >= 15 is 0 Å². The van der Waals surface area contributed by atoms with Gasteiger partial charge < -0.3 is 20.5 Å². The molecule has 0 amide bonds. The van der Waals surface area contributed by atoms with E-state index in [0.29, 0.717) is 6.10 Å². The van der Waals surface area contributed by atoms with Crippen molar-refractivity contribution in [3.05, 3.63) is 0 Å². The summed E-state index contributed by atoms with van der Waals surface area (Å²) in [6.45, 7) is 6.07. The third-order valence-corrected chi connectivity index (χ3v) is 2.92. The largest absolute Gasteiger partial charge is 0.395 e. The van der Waals surface area contributed by atoms with Crippen molar-refractivity contribution in [3.8, 4) is 0 Å². The number of rotatable bonds is 6. The van der Waals surface area contributed by atoms with Crippen molar-refractivity contribution < 1.29 is 9.84 Å². The highest BCUT2D eigenvalue weighted by Gasteiger charge is 2.19. The molecule has 4 nitrogen and oxygen atoms in total.